The Morgan fingerprint density at radius 1 is 1.29 bits per heavy atom. The van der Waals surface area contributed by atoms with Gasteiger partial charge in [-0.1, -0.05) is 19.0 Å². The Morgan fingerprint density at radius 2 is 2.10 bits per heavy atom. The van der Waals surface area contributed by atoms with E-state index in [-0.39, 0.29) is 5.84 Å². The summed E-state index contributed by atoms with van der Waals surface area (Å²) in [5.41, 5.74) is 8.23. The normalized spacial score (nSPS) is 11.6. The number of nitrogens with two attached hydrogens (primary N) is 1. The molecule has 0 aromatic carbocycles. The van der Waals surface area contributed by atoms with Crippen LogP contribution >= 0.6 is 11.8 Å². The van der Waals surface area contributed by atoms with Crippen molar-refractivity contribution < 1.29 is 5.21 Å². The Kier molecular flexibility index (Phi) is 5.04. The molecule has 21 heavy (non-hydrogen) atoms. The molecule has 2 aromatic heterocycles. The summed E-state index contributed by atoms with van der Waals surface area (Å²) in [7, 11) is 0. The van der Waals surface area contributed by atoms with Crippen LogP contribution in [0.1, 0.15) is 30.7 Å². The molecule has 7 nitrogen and oxygen atoms in total. The zero-order chi connectivity index (χ0) is 15.2. The molecule has 110 valence electrons. The third-order valence-corrected chi connectivity index (χ3v) is 3.82. The Bertz CT molecular complexity index is 647. The lowest BCUT2D eigenvalue weighted by Crippen LogP contribution is -2.20. The second kappa shape index (κ2) is 6.98. The molecule has 0 atom stereocenters. The van der Waals surface area contributed by atoms with E-state index in [4.69, 9.17) is 10.9 Å². The maximum absolute atomic E-state index is 9.04. The van der Waals surface area contributed by atoms with Gasteiger partial charge < -0.3 is 10.9 Å². The SMILES string of the molecule is CCc1nnc(Sc2cnccn2)c(C(N)=NO)c1CC. The zero-order valence-corrected chi connectivity index (χ0v) is 12.6. The van der Waals surface area contributed by atoms with E-state index in [0.717, 1.165) is 24.1 Å². The molecular formula is C13H16N6OS. The molecule has 8 heteroatoms. The van der Waals surface area contributed by atoms with Gasteiger partial charge in [-0.2, -0.15) is 5.10 Å². The fourth-order valence-electron chi connectivity index (χ4n) is 1.98. The molecular weight excluding hydrogens is 288 g/mol. The molecule has 0 saturated carbocycles. The van der Waals surface area contributed by atoms with Gasteiger partial charge in [0.1, 0.15) is 10.1 Å². The molecule has 0 amide bonds. The number of oxime groups is 1. The lowest BCUT2D eigenvalue weighted by Gasteiger charge is -2.13. The molecule has 0 radical (unpaired) electrons. The van der Waals surface area contributed by atoms with E-state index in [0.29, 0.717) is 15.6 Å². The van der Waals surface area contributed by atoms with Crippen molar-refractivity contribution in [3.05, 3.63) is 35.4 Å². The van der Waals surface area contributed by atoms with E-state index in [1.165, 1.54) is 11.8 Å². The molecule has 2 aromatic rings. The molecule has 0 saturated heterocycles. The summed E-state index contributed by atoms with van der Waals surface area (Å²) in [6, 6.07) is 0. The minimum Gasteiger partial charge on any atom is -0.409 e. The van der Waals surface area contributed by atoms with Crippen LogP contribution in [0.2, 0.25) is 0 Å². The van der Waals surface area contributed by atoms with Gasteiger partial charge in [0.2, 0.25) is 0 Å². The van der Waals surface area contributed by atoms with Crippen LogP contribution in [-0.2, 0) is 12.8 Å². The lowest BCUT2D eigenvalue weighted by molar-refractivity contribution is 0.318. The van der Waals surface area contributed by atoms with Gasteiger partial charge in [0.15, 0.2) is 5.84 Å². The summed E-state index contributed by atoms with van der Waals surface area (Å²) >= 11 is 1.29. The van der Waals surface area contributed by atoms with Gasteiger partial charge in [0.05, 0.1) is 17.5 Å². The Labute approximate surface area is 126 Å². The second-order valence-electron chi connectivity index (χ2n) is 4.14. The molecule has 0 aliphatic carbocycles. The summed E-state index contributed by atoms with van der Waals surface area (Å²) in [6.07, 6.45) is 6.27. The van der Waals surface area contributed by atoms with Gasteiger partial charge in [-0.25, -0.2) is 4.98 Å². The molecule has 0 bridgehead atoms. The van der Waals surface area contributed by atoms with Crippen LogP contribution in [0, 0.1) is 0 Å². The van der Waals surface area contributed by atoms with Gasteiger partial charge in [-0.3, -0.25) is 4.98 Å². The van der Waals surface area contributed by atoms with E-state index < -0.39 is 0 Å². The number of amidine groups is 1. The van der Waals surface area contributed by atoms with Crippen molar-refractivity contribution in [2.24, 2.45) is 10.9 Å². The average molecular weight is 304 g/mol. The number of nitrogens with zero attached hydrogens (tertiary/aromatic N) is 5. The number of hydrogen-bond donors (Lipinski definition) is 2. The second-order valence-corrected chi connectivity index (χ2v) is 5.15. The van der Waals surface area contributed by atoms with E-state index >= 15 is 0 Å². The summed E-state index contributed by atoms with van der Waals surface area (Å²) in [5.74, 6) is 0.0304. The van der Waals surface area contributed by atoms with Crippen LogP contribution in [0.5, 0.6) is 0 Å². The monoisotopic (exact) mass is 304 g/mol. The quantitative estimate of drug-likeness (QED) is 0.374. The molecule has 0 unspecified atom stereocenters. The Morgan fingerprint density at radius 3 is 2.67 bits per heavy atom. The van der Waals surface area contributed by atoms with Crippen molar-refractivity contribution in [1.29, 1.82) is 0 Å². The molecule has 3 N–H and O–H groups in total. The third kappa shape index (κ3) is 3.27. The van der Waals surface area contributed by atoms with Gasteiger partial charge in [0.25, 0.3) is 0 Å². The van der Waals surface area contributed by atoms with Crippen LogP contribution < -0.4 is 5.73 Å². The fraction of sp³-hybridized carbons (Fsp3) is 0.308. The maximum Gasteiger partial charge on any atom is 0.173 e. The van der Waals surface area contributed by atoms with Crippen molar-refractivity contribution >= 4 is 17.6 Å². The summed E-state index contributed by atoms with van der Waals surface area (Å²) in [6.45, 7) is 4.00. The van der Waals surface area contributed by atoms with Crippen molar-refractivity contribution in [2.75, 3.05) is 0 Å². The standard InChI is InChI=1S/C13H16N6OS/c1-3-8-9(4-2)17-18-13(11(8)12(14)19-20)21-10-7-15-5-6-16-10/h5-7,20H,3-4H2,1-2H3,(H2,14,19). The molecule has 0 fully saturated rings. The number of aromatic nitrogens is 4. The van der Waals surface area contributed by atoms with Gasteiger partial charge in [-0.05, 0) is 30.2 Å². The smallest absolute Gasteiger partial charge is 0.173 e. The largest absolute Gasteiger partial charge is 0.409 e. The molecule has 2 heterocycles. The van der Waals surface area contributed by atoms with E-state index in [1.54, 1.807) is 18.6 Å². The highest BCUT2D eigenvalue weighted by Crippen LogP contribution is 2.29. The van der Waals surface area contributed by atoms with Crippen molar-refractivity contribution in [2.45, 2.75) is 36.7 Å². The molecule has 0 aliphatic heterocycles. The molecule has 0 aliphatic rings. The summed E-state index contributed by atoms with van der Waals surface area (Å²) in [5, 5.41) is 21.8. The Balaban J connectivity index is 2.55. The fourth-order valence-corrected chi connectivity index (χ4v) is 2.81. The number of aryl methyl sites for hydroxylation is 1. The first-order chi connectivity index (χ1) is 10.2. The van der Waals surface area contributed by atoms with Crippen LogP contribution in [-0.4, -0.2) is 31.2 Å². The molecule has 2 rings (SSSR count). The lowest BCUT2D eigenvalue weighted by atomic mass is 10.0. The zero-order valence-electron chi connectivity index (χ0n) is 11.8. The van der Waals surface area contributed by atoms with E-state index in [2.05, 4.69) is 25.3 Å². The minimum atomic E-state index is 0.0304. The predicted molar refractivity (Wildman–Crippen MR) is 79.5 cm³/mol. The highest BCUT2D eigenvalue weighted by atomic mass is 32.2. The highest BCUT2D eigenvalue weighted by molar-refractivity contribution is 7.99. The minimum absolute atomic E-state index is 0.0304. The van der Waals surface area contributed by atoms with Gasteiger partial charge in [0, 0.05) is 12.4 Å². The topological polar surface area (TPSA) is 110 Å². The average Bonchev–Trinajstić information content (AvgIpc) is 2.54. The highest BCUT2D eigenvalue weighted by Gasteiger charge is 2.19. The van der Waals surface area contributed by atoms with Crippen LogP contribution in [0.4, 0.5) is 0 Å². The van der Waals surface area contributed by atoms with Crippen LogP contribution in [0.3, 0.4) is 0 Å². The Hall–Kier alpha value is -2.22. The first-order valence-electron chi connectivity index (χ1n) is 6.51. The van der Waals surface area contributed by atoms with Gasteiger partial charge in [-0.15, -0.1) is 5.10 Å². The summed E-state index contributed by atoms with van der Waals surface area (Å²) < 4.78 is 0. The molecule has 0 spiro atoms. The summed E-state index contributed by atoms with van der Waals surface area (Å²) in [4.78, 5) is 8.20. The van der Waals surface area contributed by atoms with Crippen LogP contribution in [0.15, 0.2) is 33.8 Å². The number of rotatable bonds is 5. The maximum atomic E-state index is 9.04. The van der Waals surface area contributed by atoms with Crippen LogP contribution in [0.25, 0.3) is 0 Å². The van der Waals surface area contributed by atoms with Gasteiger partial charge >= 0.3 is 0 Å². The first-order valence-corrected chi connectivity index (χ1v) is 7.33. The van der Waals surface area contributed by atoms with E-state index in [9.17, 15) is 0 Å². The van der Waals surface area contributed by atoms with Crippen molar-refractivity contribution in [1.82, 2.24) is 20.2 Å². The van der Waals surface area contributed by atoms with E-state index in [1.807, 2.05) is 13.8 Å². The first kappa shape index (κ1) is 15.2. The number of hydrogen-bond acceptors (Lipinski definition) is 7. The third-order valence-electron chi connectivity index (χ3n) is 2.92. The predicted octanol–water partition coefficient (Wildman–Crippen LogP) is 1.64. The van der Waals surface area contributed by atoms with Crippen molar-refractivity contribution in [3.8, 4) is 0 Å². The van der Waals surface area contributed by atoms with Crippen molar-refractivity contribution in [3.63, 3.8) is 0 Å².